The van der Waals surface area contributed by atoms with E-state index in [-0.39, 0.29) is 17.6 Å². The molecule has 26 heavy (non-hydrogen) atoms. The molecule has 8 heteroatoms. The third kappa shape index (κ3) is 4.37. The van der Waals surface area contributed by atoms with E-state index in [9.17, 15) is 9.18 Å². The Kier molecular flexibility index (Phi) is 5.83. The number of hydrogen-bond donors (Lipinski definition) is 1. The molecular formula is C18H24FN5OS. The molecule has 140 valence electrons. The number of benzene rings is 1. The second kappa shape index (κ2) is 8.09. The largest absolute Gasteiger partial charge is 0.352 e. The minimum atomic E-state index is -0.238. The first-order chi connectivity index (χ1) is 12.4. The van der Waals surface area contributed by atoms with Gasteiger partial charge in [0.05, 0.1) is 6.67 Å². The zero-order chi connectivity index (χ0) is 18.7. The van der Waals surface area contributed by atoms with E-state index in [1.165, 1.54) is 6.07 Å². The molecule has 0 aliphatic carbocycles. The van der Waals surface area contributed by atoms with Gasteiger partial charge in [-0.25, -0.2) is 9.07 Å². The lowest BCUT2D eigenvalue weighted by Crippen LogP contribution is -2.41. The van der Waals surface area contributed by atoms with Crippen molar-refractivity contribution in [1.29, 1.82) is 0 Å². The van der Waals surface area contributed by atoms with Gasteiger partial charge in [-0.2, -0.15) is 5.10 Å². The minimum absolute atomic E-state index is 0.00162. The molecule has 0 atom stereocenters. The number of carbonyl (C=O) groups excluding carboxylic acids is 1. The highest BCUT2D eigenvalue weighted by Crippen LogP contribution is 2.18. The van der Waals surface area contributed by atoms with Crippen LogP contribution in [0, 0.1) is 23.4 Å². The SMILES string of the molecule is Cc1ccc(CNC(=O)C2CCN(Cn3ncn(C)c3=S)CC2)cc1F. The lowest BCUT2D eigenvalue weighted by molar-refractivity contribution is -0.126. The zero-order valence-corrected chi connectivity index (χ0v) is 15.9. The van der Waals surface area contributed by atoms with Crippen molar-refractivity contribution in [3.8, 4) is 0 Å². The molecular weight excluding hydrogens is 353 g/mol. The van der Waals surface area contributed by atoms with Gasteiger partial charge in [0, 0.05) is 32.6 Å². The molecule has 1 saturated heterocycles. The predicted octanol–water partition coefficient (Wildman–Crippen LogP) is 2.38. The Morgan fingerprint density at radius 1 is 1.38 bits per heavy atom. The van der Waals surface area contributed by atoms with Gasteiger partial charge in [-0.15, -0.1) is 0 Å². The standard InChI is InChI=1S/C18H24FN5OS/c1-13-3-4-14(9-16(13)19)10-20-17(25)15-5-7-23(8-6-15)12-24-18(26)22(2)11-21-24/h3-4,9,11,15H,5-8,10,12H2,1-2H3,(H,20,25). The fraction of sp³-hybridized carbons (Fsp3) is 0.500. The molecule has 0 bridgehead atoms. The van der Waals surface area contributed by atoms with Crippen LogP contribution in [0.5, 0.6) is 0 Å². The van der Waals surface area contributed by atoms with Crippen molar-refractivity contribution in [2.24, 2.45) is 13.0 Å². The smallest absolute Gasteiger partial charge is 0.223 e. The first-order valence-corrected chi connectivity index (χ1v) is 9.18. The van der Waals surface area contributed by atoms with Crippen LogP contribution < -0.4 is 5.32 Å². The molecule has 1 amide bonds. The molecule has 2 aromatic rings. The third-order valence-corrected chi connectivity index (χ3v) is 5.38. The van der Waals surface area contributed by atoms with Crippen LogP contribution in [-0.2, 0) is 25.1 Å². The van der Waals surface area contributed by atoms with E-state index in [2.05, 4.69) is 15.3 Å². The Balaban J connectivity index is 1.46. The molecule has 0 spiro atoms. The summed E-state index contributed by atoms with van der Waals surface area (Å²) in [6, 6.07) is 5.06. The van der Waals surface area contributed by atoms with E-state index in [0.717, 1.165) is 31.5 Å². The Morgan fingerprint density at radius 2 is 2.12 bits per heavy atom. The topological polar surface area (TPSA) is 55.1 Å². The highest BCUT2D eigenvalue weighted by Gasteiger charge is 2.25. The minimum Gasteiger partial charge on any atom is -0.352 e. The maximum absolute atomic E-state index is 13.6. The van der Waals surface area contributed by atoms with Gasteiger partial charge in [-0.3, -0.25) is 9.69 Å². The quantitative estimate of drug-likeness (QED) is 0.813. The highest BCUT2D eigenvalue weighted by molar-refractivity contribution is 7.71. The summed E-state index contributed by atoms with van der Waals surface area (Å²) in [6.45, 7) is 4.39. The van der Waals surface area contributed by atoms with E-state index in [4.69, 9.17) is 12.2 Å². The lowest BCUT2D eigenvalue weighted by atomic mass is 9.96. The summed E-state index contributed by atoms with van der Waals surface area (Å²) in [4.78, 5) is 14.6. The van der Waals surface area contributed by atoms with Crippen molar-refractivity contribution in [1.82, 2.24) is 24.6 Å². The Morgan fingerprint density at radius 3 is 2.73 bits per heavy atom. The zero-order valence-electron chi connectivity index (χ0n) is 15.1. The number of nitrogens with zero attached hydrogens (tertiary/aromatic N) is 4. The Bertz CT molecular complexity index is 838. The molecule has 0 unspecified atom stereocenters. The monoisotopic (exact) mass is 377 g/mol. The summed E-state index contributed by atoms with van der Waals surface area (Å²) >= 11 is 5.30. The van der Waals surface area contributed by atoms with Crippen LogP contribution in [0.4, 0.5) is 4.39 Å². The average Bonchev–Trinajstić information content (AvgIpc) is 2.95. The van der Waals surface area contributed by atoms with Crippen molar-refractivity contribution < 1.29 is 9.18 Å². The summed E-state index contributed by atoms with van der Waals surface area (Å²) in [5.41, 5.74) is 1.39. The normalized spacial score (nSPS) is 16.0. The van der Waals surface area contributed by atoms with E-state index in [1.807, 2.05) is 17.7 Å². The van der Waals surface area contributed by atoms with Gasteiger partial charge in [0.25, 0.3) is 0 Å². The first-order valence-electron chi connectivity index (χ1n) is 8.77. The Labute approximate surface area is 157 Å². The molecule has 1 N–H and O–H groups in total. The maximum Gasteiger partial charge on any atom is 0.223 e. The van der Waals surface area contributed by atoms with E-state index in [1.54, 1.807) is 24.0 Å². The first kappa shape index (κ1) is 18.7. The van der Waals surface area contributed by atoms with Gasteiger partial charge in [0.15, 0.2) is 4.77 Å². The van der Waals surface area contributed by atoms with Crippen LogP contribution in [0.1, 0.15) is 24.0 Å². The molecule has 2 heterocycles. The number of aryl methyl sites for hydroxylation is 2. The number of halogens is 1. The Hall–Kier alpha value is -2.06. The van der Waals surface area contributed by atoms with Crippen molar-refractivity contribution in [2.45, 2.75) is 33.0 Å². The summed E-state index contributed by atoms with van der Waals surface area (Å²) in [5.74, 6) is -0.198. The molecule has 1 aliphatic heterocycles. The maximum atomic E-state index is 13.6. The number of aromatic nitrogens is 3. The van der Waals surface area contributed by atoms with Crippen LogP contribution in [0.2, 0.25) is 0 Å². The number of rotatable bonds is 5. The second-order valence-electron chi connectivity index (χ2n) is 6.86. The average molecular weight is 377 g/mol. The summed E-state index contributed by atoms with van der Waals surface area (Å²) in [5, 5.41) is 7.19. The molecule has 0 saturated carbocycles. The van der Waals surface area contributed by atoms with E-state index >= 15 is 0 Å². The molecule has 1 aliphatic rings. The fourth-order valence-corrected chi connectivity index (χ4v) is 3.28. The molecule has 3 rings (SSSR count). The van der Waals surface area contributed by atoms with Gasteiger partial charge in [-0.05, 0) is 49.2 Å². The van der Waals surface area contributed by atoms with Crippen LogP contribution in [-0.4, -0.2) is 38.2 Å². The van der Waals surface area contributed by atoms with Crippen molar-refractivity contribution >= 4 is 18.1 Å². The van der Waals surface area contributed by atoms with Gasteiger partial charge < -0.3 is 9.88 Å². The van der Waals surface area contributed by atoms with Crippen molar-refractivity contribution in [2.75, 3.05) is 13.1 Å². The number of carbonyl (C=O) groups is 1. The predicted molar refractivity (Wildman–Crippen MR) is 99.3 cm³/mol. The van der Waals surface area contributed by atoms with E-state index in [0.29, 0.717) is 23.5 Å². The van der Waals surface area contributed by atoms with E-state index < -0.39 is 0 Å². The van der Waals surface area contributed by atoms with Crippen LogP contribution in [0.15, 0.2) is 24.5 Å². The van der Waals surface area contributed by atoms with Gasteiger partial charge in [0.2, 0.25) is 5.91 Å². The highest BCUT2D eigenvalue weighted by atomic mass is 32.1. The van der Waals surface area contributed by atoms with Crippen LogP contribution >= 0.6 is 12.2 Å². The summed E-state index contributed by atoms with van der Waals surface area (Å²) < 4.78 is 17.9. The fourth-order valence-electron chi connectivity index (χ4n) is 3.12. The van der Waals surface area contributed by atoms with Crippen molar-refractivity contribution in [3.05, 3.63) is 46.2 Å². The van der Waals surface area contributed by atoms with Gasteiger partial charge in [0.1, 0.15) is 12.1 Å². The number of hydrogen-bond acceptors (Lipinski definition) is 4. The molecule has 1 fully saturated rings. The van der Waals surface area contributed by atoms with Crippen LogP contribution in [0.3, 0.4) is 0 Å². The third-order valence-electron chi connectivity index (χ3n) is 4.88. The lowest BCUT2D eigenvalue weighted by Gasteiger charge is -2.30. The second-order valence-corrected chi connectivity index (χ2v) is 7.22. The van der Waals surface area contributed by atoms with Gasteiger partial charge >= 0.3 is 0 Å². The number of nitrogens with one attached hydrogen (secondary N) is 1. The van der Waals surface area contributed by atoms with Gasteiger partial charge in [-0.1, -0.05) is 12.1 Å². The molecule has 6 nitrogen and oxygen atoms in total. The number of piperidine rings is 1. The summed E-state index contributed by atoms with van der Waals surface area (Å²) in [7, 11) is 1.88. The summed E-state index contributed by atoms with van der Waals surface area (Å²) in [6.07, 6.45) is 3.30. The molecule has 1 aromatic carbocycles. The van der Waals surface area contributed by atoms with Crippen molar-refractivity contribution in [3.63, 3.8) is 0 Å². The molecule has 0 radical (unpaired) electrons. The number of amides is 1. The molecule has 1 aromatic heterocycles. The number of likely N-dealkylation sites (tertiary alicyclic amines) is 1. The van der Waals surface area contributed by atoms with Crippen LogP contribution in [0.25, 0.3) is 0 Å².